The molecule has 1 atom stereocenters. The first kappa shape index (κ1) is 16.9. The molecule has 2 aliphatic heterocycles. The molecule has 0 aliphatic carbocycles. The number of aromatic nitrogens is 1. The summed E-state index contributed by atoms with van der Waals surface area (Å²) in [5.74, 6) is 1.80. The van der Waals surface area contributed by atoms with Crippen LogP contribution in [0.25, 0.3) is 0 Å². The lowest BCUT2D eigenvalue weighted by Gasteiger charge is -2.21. The molecule has 1 aromatic heterocycles. The third-order valence-electron chi connectivity index (χ3n) is 5.14. The van der Waals surface area contributed by atoms with Crippen molar-refractivity contribution in [1.29, 1.82) is 0 Å². The van der Waals surface area contributed by atoms with Crippen LogP contribution in [-0.4, -0.2) is 36.6 Å². The van der Waals surface area contributed by atoms with Gasteiger partial charge in [-0.3, -0.25) is 4.79 Å². The maximum Gasteiger partial charge on any atom is 0.252 e. The van der Waals surface area contributed by atoms with Gasteiger partial charge in [0.25, 0.3) is 5.91 Å². The second-order valence-electron chi connectivity index (χ2n) is 7.07. The fraction of sp³-hybridized carbons (Fsp3) is 0.429. The Morgan fingerprint density at radius 1 is 1.12 bits per heavy atom. The topological polar surface area (TPSA) is 54.5 Å². The van der Waals surface area contributed by atoms with Gasteiger partial charge in [-0.1, -0.05) is 31.0 Å². The fourth-order valence-electron chi connectivity index (χ4n) is 3.68. The summed E-state index contributed by atoms with van der Waals surface area (Å²) < 4.78 is 5.87. The van der Waals surface area contributed by atoms with Crippen molar-refractivity contribution < 1.29 is 9.53 Å². The summed E-state index contributed by atoms with van der Waals surface area (Å²) in [6.07, 6.45) is 7.54. The number of anilines is 1. The molecule has 1 aromatic carbocycles. The van der Waals surface area contributed by atoms with E-state index in [9.17, 15) is 4.79 Å². The van der Waals surface area contributed by atoms with Gasteiger partial charge in [0, 0.05) is 25.7 Å². The van der Waals surface area contributed by atoms with E-state index in [2.05, 4.69) is 21.3 Å². The summed E-state index contributed by atoms with van der Waals surface area (Å²) in [5.41, 5.74) is 1.80. The van der Waals surface area contributed by atoms with Crippen LogP contribution in [0.5, 0.6) is 5.75 Å². The average Bonchev–Trinajstić information content (AvgIpc) is 2.90. The Morgan fingerprint density at radius 2 is 1.92 bits per heavy atom. The number of para-hydroxylation sites is 1. The Bertz CT molecular complexity index is 727. The lowest BCUT2D eigenvalue weighted by molar-refractivity contribution is 0.0933. The lowest BCUT2D eigenvalue weighted by Crippen LogP contribution is -2.34. The molecule has 0 radical (unpaired) electrons. The summed E-state index contributed by atoms with van der Waals surface area (Å²) in [7, 11) is 0. The molecule has 1 amide bonds. The first-order chi connectivity index (χ1) is 12.8. The van der Waals surface area contributed by atoms with Crippen LogP contribution in [0, 0.1) is 0 Å². The van der Waals surface area contributed by atoms with Crippen LogP contribution in [-0.2, 0) is 6.42 Å². The van der Waals surface area contributed by atoms with Gasteiger partial charge in [0.05, 0.1) is 12.1 Å². The van der Waals surface area contributed by atoms with Crippen LogP contribution in [0.4, 0.5) is 5.82 Å². The molecule has 136 valence electrons. The molecular weight excluding hydrogens is 326 g/mol. The van der Waals surface area contributed by atoms with Crippen LogP contribution in [0.15, 0.2) is 42.6 Å². The molecule has 2 aromatic rings. The molecule has 0 unspecified atom stereocenters. The number of ether oxygens (including phenoxy) is 1. The summed E-state index contributed by atoms with van der Waals surface area (Å²) in [5, 5.41) is 2.97. The number of nitrogens with one attached hydrogen (secondary N) is 1. The molecule has 1 saturated heterocycles. The zero-order valence-electron chi connectivity index (χ0n) is 15.0. The zero-order valence-corrected chi connectivity index (χ0v) is 15.0. The van der Waals surface area contributed by atoms with Gasteiger partial charge in [-0.15, -0.1) is 0 Å². The van der Waals surface area contributed by atoms with E-state index in [4.69, 9.17) is 4.74 Å². The summed E-state index contributed by atoms with van der Waals surface area (Å²) in [6, 6.07) is 11.9. The Hall–Kier alpha value is -2.56. The maximum atomic E-state index is 12.4. The lowest BCUT2D eigenvalue weighted by atomic mass is 10.1. The van der Waals surface area contributed by atoms with E-state index >= 15 is 0 Å². The average molecular weight is 351 g/mol. The van der Waals surface area contributed by atoms with Crippen molar-refractivity contribution >= 4 is 11.7 Å². The SMILES string of the molecule is O=C(NC[C@@H]1Cc2ccccc2O1)c1ccc(N2CCCCCC2)nc1. The van der Waals surface area contributed by atoms with E-state index in [1.165, 1.54) is 31.2 Å². The van der Waals surface area contributed by atoms with Crippen LogP contribution >= 0.6 is 0 Å². The predicted octanol–water partition coefficient (Wildman–Crippen LogP) is 3.20. The third kappa shape index (κ3) is 3.82. The van der Waals surface area contributed by atoms with Crippen molar-refractivity contribution in [2.45, 2.75) is 38.2 Å². The number of carbonyl (C=O) groups is 1. The highest BCUT2D eigenvalue weighted by atomic mass is 16.5. The molecule has 0 saturated carbocycles. The van der Waals surface area contributed by atoms with Crippen LogP contribution in [0.1, 0.15) is 41.6 Å². The molecule has 0 bridgehead atoms. The van der Waals surface area contributed by atoms with Crippen molar-refractivity contribution in [3.63, 3.8) is 0 Å². The zero-order chi connectivity index (χ0) is 17.8. The number of rotatable bonds is 4. The highest BCUT2D eigenvalue weighted by Crippen LogP contribution is 2.27. The number of fused-ring (bicyclic) bond motifs is 1. The van der Waals surface area contributed by atoms with Crippen molar-refractivity contribution in [2.24, 2.45) is 0 Å². The first-order valence-electron chi connectivity index (χ1n) is 9.53. The second kappa shape index (κ2) is 7.77. The van der Waals surface area contributed by atoms with Crippen molar-refractivity contribution in [1.82, 2.24) is 10.3 Å². The van der Waals surface area contributed by atoms with Gasteiger partial charge in [0.15, 0.2) is 0 Å². The molecule has 4 rings (SSSR count). The summed E-state index contributed by atoms with van der Waals surface area (Å²) in [4.78, 5) is 19.2. The standard InChI is InChI=1S/C21H25N3O2/c25-21(23-15-18-13-16-7-3-4-8-19(16)26-18)17-9-10-20(22-14-17)24-11-5-1-2-6-12-24/h3-4,7-10,14,18H,1-2,5-6,11-13,15H2,(H,23,25)/t18-/m0/s1. The number of carbonyl (C=O) groups excluding carboxylic acids is 1. The fourth-order valence-corrected chi connectivity index (χ4v) is 3.68. The van der Waals surface area contributed by atoms with E-state index in [-0.39, 0.29) is 12.0 Å². The van der Waals surface area contributed by atoms with Gasteiger partial charge < -0.3 is 15.0 Å². The maximum absolute atomic E-state index is 12.4. The number of nitrogens with zero attached hydrogens (tertiary/aromatic N) is 2. The quantitative estimate of drug-likeness (QED) is 0.919. The Kier molecular flexibility index (Phi) is 5.04. The predicted molar refractivity (Wildman–Crippen MR) is 102 cm³/mol. The van der Waals surface area contributed by atoms with Crippen LogP contribution < -0.4 is 15.0 Å². The number of pyridine rings is 1. The van der Waals surface area contributed by atoms with Crippen molar-refractivity contribution in [3.8, 4) is 5.75 Å². The minimum absolute atomic E-state index is 0.000632. The minimum atomic E-state index is -0.0977. The van der Waals surface area contributed by atoms with Gasteiger partial charge in [0.1, 0.15) is 17.7 Å². The number of hydrogen-bond acceptors (Lipinski definition) is 4. The van der Waals surface area contributed by atoms with Gasteiger partial charge in [0.2, 0.25) is 0 Å². The van der Waals surface area contributed by atoms with E-state index in [1.54, 1.807) is 6.20 Å². The van der Waals surface area contributed by atoms with Crippen LogP contribution in [0.2, 0.25) is 0 Å². The van der Waals surface area contributed by atoms with Crippen molar-refractivity contribution in [2.75, 3.05) is 24.5 Å². The number of hydrogen-bond donors (Lipinski definition) is 1. The van der Waals surface area contributed by atoms with Crippen LogP contribution in [0.3, 0.4) is 0 Å². The molecule has 5 nitrogen and oxygen atoms in total. The molecule has 5 heteroatoms. The van der Waals surface area contributed by atoms with Gasteiger partial charge in [-0.2, -0.15) is 0 Å². The van der Waals surface area contributed by atoms with Gasteiger partial charge in [-0.05, 0) is 36.6 Å². The first-order valence-corrected chi connectivity index (χ1v) is 9.53. The molecule has 0 spiro atoms. The third-order valence-corrected chi connectivity index (χ3v) is 5.14. The van der Waals surface area contributed by atoms with Gasteiger partial charge >= 0.3 is 0 Å². The van der Waals surface area contributed by atoms with E-state index in [0.717, 1.165) is 31.1 Å². The summed E-state index contributed by atoms with van der Waals surface area (Å²) in [6.45, 7) is 2.61. The number of amides is 1. The summed E-state index contributed by atoms with van der Waals surface area (Å²) >= 11 is 0. The Balaban J connectivity index is 1.31. The Labute approximate surface area is 154 Å². The van der Waals surface area contributed by atoms with E-state index in [1.807, 2.05) is 30.3 Å². The highest BCUT2D eigenvalue weighted by molar-refractivity contribution is 5.94. The molecule has 3 heterocycles. The highest BCUT2D eigenvalue weighted by Gasteiger charge is 2.23. The smallest absolute Gasteiger partial charge is 0.252 e. The molecule has 1 N–H and O–H groups in total. The molecular formula is C21H25N3O2. The Morgan fingerprint density at radius 3 is 2.65 bits per heavy atom. The molecule has 26 heavy (non-hydrogen) atoms. The number of benzene rings is 1. The van der Waals surface area contributed by atoms with E-state index in [0.29, 0.717) is 12.1 Å². The van der Waals surface area contributed by atoms with Crippen molar-refractivity contribution in [3.05, 3.63) is 53.7 Å². The molecule has 1 fully saturated rings. The molecule has 2 aliphatic rings. The van der Waals surface area contributed by atoms with E-state index < -0.39 is 0 Å². The van der Waals surface area contributed by atoms with Gasteiger partial charge in [-0.25, -0.2) is 4.98 Å². The second-order valence-corrected chi connectivity index (χ2v) is 7.07. The normalized spacial score (nSPS) is 19.4. The monoisotopic (exact) mass is 351 g/mol. The largest absolute Gasteiger partial charge is 0.488 e. The minimum Gasteiger partial charge on any atom is -0.488 e.